The van der Waals surface area contributed by atoms with Gasteiger partial charge in [0.2, 0.25) is 5.88 Å². The topological polar surface area (TPSA) is 36.9 Å². The van der Waals surface area contributed by atoms with Crippen molar-refractivity contribution in [3.63, 3.8) is 0 Å². The molecule has 4 nitrogen and oxygen atoms in total. The van der Waals surface area contributed by atoms with E-state index in [9.17, 15) is 13.2 Å². The van der Waals surface area contributed by atoms with Crippen molar-refractivity contribution in [1.82, 2.24) is 10.2 Å². The molecule has 0 unspecified atom stereocenters. The molecule has 0 atom stereocenters. The predicted molar refractivity (Wildman–Crippen MR) is 91.5 cm³/mol. The molecule has 2 aromatic carbocycles. The fraction of sp³-hybridized carbons (Fsp3) is 0.316. The van der Waals surface area contributed by atoms with E-state index >= 15 is 0 Å². The van der Waals surface area contributed by atoms with Crippen molar-refractivity contribution in [2.75, 3.05) is 26.2 Å². The van der Waals surface area contributed by atoms with Crippen LogP contribution in [0, 0.1) is 6.92 Å². The average Bonchev–Trinajstić information content (AvgIpc) is 2.79. The Morgan fingerprint density at radius 3 is 2.62 bits per heavy atom. The zero-order valence-corrected chi connectivity index (χ0v) is 14.2. The average molecular weight is 361 g/mol. The maximum absolute atomic E-state index is 13.1. The van der Waals surface area contributed by atoms with Crippen molar-refractivity contribution in [2.45, 2.75) is 13.1 Å². The fourth-order valence-corrected chi connectivity index (χ4v) is 3.23. The van der Waals surface area contributed by atoms with Gasteiger partial charge in [0.15, 0.2) is 5.75 Å². The van der Waals surface area contributed by atoms with Crippen LogP contribution in [-0.2, 0) is 6.18 Å². The van der Waals surface area contributed by atoms with Gasteiger partial charge < -0.3 is 15.0 Å². The summed E-state index contributed by atoms with van der Waals surface area (Å²) in [6, 6.07) is 9.19. The number of hydrogen-bond acceptors (Lipinski definition) is 4. The van der Waals surface area contributed by atoms with E-state index < -0.39 is 11.7 Å². The van der Waals surface area contributed by atoms with Crippen molar-refractivity contribution >= 4 is 11.6 Å². The minimum absolute atomic E-state index is 0.129. The van der Waals surface area contributed by atoms with Gasteiger partial charge in [-0.2, -0.15) is 13.2 Å². The second-order valence-corrected chi connectivity index (χ2v) is 6.41. The molecule has 0 spiro atoms. The number of nitrogens with zero attached hydrogens (tertiary/aromatic N) is 2. The highest BCUT2D eigenvalue weighted by Gasteiger charge is 2.32. The number of hydrogen-bond donors (Lipinski definition) is 1. The van der Waals surface area contributed by atoms with Gasteiger partial charge in [0.1, 0.15) is 5.69 Å². The zero-order valence-electron chi connectivity index (χ0n) is 14.2. The molecule has 1 fully saturated rings. The van der Waals surface area contributed by atoms with Crippen LogP contribution in [0.4, 0.5) is 18.9 Å². The second kappa shape index (κ2) is 6.32. The van der Waals surface area contributed by atoms with E-state index in [0.717, 1.165) is 54.5 Å². The van der Waals surface area contributed by atoms with Crippen molar-refractivity contribution in [2.24, 2.45) is 4.99 Å². The van der Waals surface area contributed by atoms with Gasteiger partial charge in [-0.15, -0.1) is 0 Å². The molecule has 2 aromatic rings. The fourth-order valence-electron chi connectivity index (χ4n) is 3.23. The Labute approximate surface area is 148 Å². The van der Waals surface area contributed by atoms with Gasteiger partial charge in [0.05, 0.1) is 16.1 Å². The molecule has 1 saturated heterocycles. The quantitative estimate of drug-likeness (QED) is 0.847. The van der Waals surface area contributed by atoms with Crippen LogP contribution in [0.2, 0.25) is 0 Å². The third-order valence-electron chi connectivity index (χ3n) is 4.60. The number of aryl methyl sites for hydroxylation is 1. The van der Waals surface area contributed by atoms with Crippen LogP contribution in [-0.4, -0.2) is 31.1 Å². The SMILES string of the molecule is Cc1cccc2c1=Nc1ccc(C(F)(F)F)cc1OC=2N1CCNCC1. The van der Waals surface area contributed by atoms with Gasteiger partial charge in [-0.05, 0) is 36.8 Å². The van der Waals surface area contributed by atoms with Crippen LogP contribution in [0.25, 0.3) is 5.88 Å². The Bertz CT molecular complexity index is 963. The number of alkyl halides is 3. The van der Waals surface area contributed by atoms with E-state index in [1.165, 1.54) is 6.07 Å². The van der Waals surface area contributed by atoms with Crippen molar-refractivity contribution in [3.05, 3.63) is 58.1 Å². The van der Waals surface area contributed by atoms with Crippen LogP contribution in [0.15, 0.2) is 41.4 Å². The molecule has 1 N–H and O–H groups in total. The van der Waals surface area contributed by atoms with Crippen molar-refractivity contribution in [3.8, 4) is 5.75 Å². The van der Waals surface area contributed by atoms with Gasteiger partial charge in [-0.3, -0.25) is 0 Å². The van der Waals surface area contributed by atoms with Crippen molar-refractivity contribution in [1.29, 1.82) is 0 Å². The number of ether oxygens (including phenoxy) is 1. The first-order chi connectivity index (χ1) is 12.4. The lowest BCUT2D eigenvalue weighted by atomic mass is 10.1. The maximum atomic E-state index is 13.1. The summed E-state index contributed by atoms with van der Waals surface area (Å²) in [5.74, 6) is 0.691. The number of para-hydroxylation sites is 1. The summed E-state index contributed by atoms with van der Waals surface area (Å²) in [6.45, 7) is 4.96. The molecular weight excluding hydrogens is 343 g/mol. The molecule has 7 heteroatoms. The summed E-state index contributed by atoms with van der Waals surface area (Å²) in [7, 11) is 0. The summed E-state index contributed by atoms with van der Waals surface area (Å²) in [5, 5.41) is 4.81. The van der Waals surface area contributed by atoms with E-state index in [-0.39, 0.29) is 5.75 Å². The smallest absolute Gasteiger partial charge is 0.416 e. The minimum atomic E-state index is -4.43. The molecule has 136 valence electrons. The molecule has 0 radical (unpaired) electrons. The lowest BCUT2D eigenvalue weighted by molar-refractivity contribution is -0.137. The van der Waals surface area contributed by atoms with E-state index in [4.69, 9.17) is 4.74 Å². The van der Waals surface area contributed by atoms with Gasteiger partial charge in [-0.25, -0.2) is 4.99 Å². The number of nitrogens with one attached hydrogen (secondary N) is 1. The van der Waals surface area contributed by atoms with E-state index in [0.29, 0.717) is 11.6 Å². The van der Waals surface area contributed by atoms with Gasteiger partial charge in [-0.1, -0.05) is 12.1 Å². The molecule has 4 rings (SSSR count). The standard InChI is InChI=1S/C19H18F3N3O/c1-12-3-2-4-14-17(12)24-15-6-5-13(19(20,21)22)11-16(15)26-18(14)25-9-7-23-8-10-25/h2-6,11,23H,7-10H2,1H3. The molecule has 2 heterocycles. The first-order valence-corrected chi connectivity index (χ1v) is 8.47. The Morgan fingerprint density at radius 1 is 1.12 bits per heavy atom. The van der Waals surface area contributed by atoms with Crippen LogP contribution in [0.3, 0.4) is 0 Å². The Morgan fingerprint density at radius 2 is 1.88 bits per heavy atom. The Balaban J connectivity index is 1.94. The molecule has 26 heavy (non-hydrogen) atoms. The monoisotopic (exact) mass is 361 g/mol. The van der Waals surface area contributed by atoms with E-state index in [2.05, 4.69) is 15.2 Å². The number of fused-ring (bicyclic) bond motifs is 2. The first kappa shape index (κ1) is 16.9. The molecule has 0 saturated carbocycles. The van der Waals surface area contributed by atoms with E-state index in [1.54, 1.807) is 0 Å². The highest BCUT2D eigenvalue weighted by atomic mass is 19.4. The van der Waals surface area contributed by atoms with Crippen LogP contribution < -0.4 is 20.6 Å². The molecule has 2 aliphatic rings. The summed E-state index contributed by atoms with van der Waals surface area (Å²) in [4.78, 5) is 6.67. The molecule has 2 aliphatic heterocycles. The molecule has 0 amide bonds. The maximum Gasteiger partial charge on any atom is 0.416 e. The summed E-state index contributed by atoms with van der Waals surface area (Å²) >= 11 is 0. The van der Waals surface area contributed by atoms with Gasteiger partial charge in [0.25, 0.3) is 0 Å². The highest BCUT2D eigenvalue weighted by molar-refractivity contribution is 5.59. The normalized spacial score (nSPS) is 16.9. The van der Waals surface area contributed by atoms with Crippen LogP contribution in [0.1, 0.15) is 11.1 Å². The first-order valence-electron chi connectivity index (χ1n) is 8.47. The lowest BCUT2D eigenvalue weighted by Crippen LogP contribution is -2.46. The molecule has 0 bridgehead atoms. The molecule has 0 aromatic heterocycles. The van der Waals surface area contributed by atoms with Crippen molar-refractivity contribution < 1.29 is 17.9 Å². The largest absolute Gasteiger partial charge is 0.438 e. The van der Waals surface area contributed by atoms with Crippen LogP contribution >= 0.6 is 0 Å². The summed E-state index contributed by atoms with van der Waals surface area (Å²) in [5.41, 5.74) is 0.610. The number of benzene rings is 2. The Hall–Kier alpha value is -2.54. The number of rotatable bonds is 1. The number of halogens is 3. The Kier molecular flexibility index (Phi) is 4.11. The third kappa shape index (κ3) is 3.03. The second-order valence-electron chi connectivity index (χ2n) is 6.41. The molecular formula is C19H18F3N3O. The predicted octanol–water partition coefficient (Wildman–Crippen LogP) is 2.33. The van der Waals surface area contributed by atoms with Crippen LogP contribution in [0.5, 0.6) is 5.75 Å². The highest BCUT2D eigenvalue weighted by Crippen LogP contribution is 2.37. The third-order valence-corrected chi connectivity index (χ3v) is 4.60. The molecule has 0 aliphatic carbocycles. The zero-order chi connectivity index (χ0) is 18.3. The van der Waals surface area contributed by atoms with E-state index in [1.807, 2.05) is 25.1 Å². The lowest BCUT2D eigenvalue weighted by Gasteiger charge is -2.30. The minimum Gasteiger partial charge on any atom is -0.438 e. The summed E-state index contributed by atoms with van der Waals surface area (Å²) < 4.78 is 45.4. The number of piperazine rings is 1. The van der Waals surface area contributed by atoms with Gasteiger partial charge >= 0.3 is 6.18 Å². The van der Waals surface area contributed by atoms with Gasteiger partial charge in [0, 0.05) is 26.2 Å². The summed E-state index contributed by atoms with van der Waals surface area (Å²) in [6.07, 6.45) is -4.43.